The van der Waals surface area contributed by atoms with Gasteiger partial charge >= 0.3 is 0 Å². The fourth-order valence-electron chi connectivity index (χ4n) is 5.62. The monoisotopic (exact) mass is 423 g/mol. The van der Waals surface area contributed by atoms with Crippen molar-refractivity contribution in [1.29, 1.82) is 0 Å². The Morgan fingerprint density at radius 2 is 1.97 bits per heavy atom. The molecule has 1 aromatic heterocycles. The van der Waals surface area contributed by atoms with Gasteiger partial charge in [-0.1, -0.05) is 12.1 Å². The maximum atomic E-state index is 8.36. The molecule has 1 unspecified atom stereocenters. The largest absolute Gasteiger partial charge is 0.483 e. The molecule has 5 rings (SSSR count). The van der Waals surface area contributed by atoms with E-state index in [0.29, 0.717) is 18.7 Å². The predicted molar refractivity (Wildman–Crippen MR) is 118 cm³/mol. The van der Waals surface area contributed by atoms with E-state index in [-0.39, 0.29) is 17.4 Å². The molecule has 3 aliphatic rings. The Morgan fingerprint density at radius 3 is 2.58 bits per heavy atom. The highest BCUT2D eigenvalue weighted by atomic mass is 16.5. The Hall–Kier alpha value is -2.93. The van der Waals surface area contributed by atoms with Gasteiger partial charge in [-0.2, -0.15) is 0 Å². The number of pyridine rings is 1. The second-order valence-electron chi connectivity index (χ2n) is 8.72. The van der Waals surface area contributed by atoms with Gasteiger partial charge in [-0.3, -0.25) is 9.78 Å². The number of fused-ring (bicyclic) bond motifs is 3. The molecule has 1 fully saturated rings. The number of rotatable bonds is 2. The molecule has 3 N–H and O–H groups in total. The summed E-state index contributed by atoms with van der Waals surface area (Å²) in [5.74, 6) is 0. The number of hydrogen-bond donors (Lipinski definition) is 2. The number of aliphatic imine (C=N–C) groups is 1. The first-order valence-corrected chi connectivity index (χ1v) is 10.6. The minimum Gasteiger partial charge on any atom is -0.483 e. The van der Waals surface area contributed by atoms with Crippen molar-refractivity contribution < 1.29 is 19.4 Å². The topological polar surface area (TPSA) is 107 Å². The van der Waals surface area contributed by atoms with Crippen molar-refractivity contribution in [2.45, 2.75) is 50.7 Å². The van der Waals surface area contributed by atoms with Crippen LogP contribution >= 0.6 is 0 Å². The van der Waals surface area contributed by atoms with Gasteiger partial charge in [0.2, 0.25) is 0 Å². The van der Waals surface area contributed by atoms with Crippen LogP contribution in [0.2, 0.25) is 0 Å². The molecule has 0 saturated heterocycles. The first kappa shape index (κ1) is 21.3. The van der Waals surface area contributed by atoms with E-state index in [1.54, 1.807) is 0 Å². The lowest BCUT2D eigenvalue weighted by Crippen LogP contribution is -2.46. The van der Waals surface area contributed by atoms with Crippen molar-refractivity contribution in [3.05, 3.63) is 53.3 Å². The summed E-state index contributed by atoms with van der Waals surface area (Å²) in [6, 6.07) is 9.29. The Balaban J connectivity index is 0.000000730. The van der Waals surface area contributed by atoms with Crippen LogP contribution in [0, 0.1) is 12.3 Å². The number of amidine groups is 1. The molecule has 2 heterocycles. The predicted octanol–water partition coefficient (Wildman–Crippen LogP) is 3.43. The maximum Gasteiger partial charge on any atom is 0.290 e. The smallest absolute Gasteiger partial charge is 0.290 e. The van der Waals surface area contributed by atoms with E-state index in [9.17, 15) is 0 Å². The first-order valence-electron chi connectivity index (χ1n) is 10.6. The number of ether oxygens (including phenoxy) is 2. The van der Waals surface area contributed by atoms with E-state index >= 15 is 0 Å². The van der Waals surface area contributed by atoms with E-state index in [2.05, 4.69) is 36.2 Å². The third-order valence-corrected chi connectivity index (χ3v) is 7.12. The number of nitrogens with zero attached hydrogens (tertiary/aromatic N) is 2. The number of carbonyl (C=O) groups is 1. The fraction of sp³-hybridized carbons (Fsp3) is 0.458. The van der Waals surface area contributed by atoms with Crippen molar-refractivity contribution in [2.75, 3.05) is 13.7 Å². The first-order chi connectivity index (χ1) is 15.0. The molecule has 7 nitrogen and oxygen atoms in total. The van der Waals surface area contributed by atoms with E-state index in [1.165, 1.54) is 16.7 Å². The van der Waals surface area contributed by atoms with Gasteiger partial charge in [0.05, 0.1) is 6.10 Å². The SMILES string of the molecule is CO[C@H]1CC[C@]2(CC1)Cc1ccc(-c3cncc(C)c3)cc1C21COC(N)=N1.O=CO. The normalized spacial score (nSPS) is 28.5. The minimum absolute atomic E-state index is 0.0644. The fourth-order valence-corrected chi connectivity index (χ4v) is 5.62. The number of nitrogens with two attached hydrogens (primary N) is 1. The lowest BCUT2D eigenvalue weighted by atomic mass is 9.62. The Bertz CT molecular complexity index is 998. The van der Waals surface area contributed by atoms with Crippen LogP contribution in [-0.2, 0) is 26.2 Å². The van der Waals surface area contributed by atoms with E-state index < -0.39 is 0 Å². The van der Waals surface area contributed by atoms with Crippen LogP contribution in [0.15, 0.2) is 41.7 Å². The van der Waals surface area contributed by atoms with Crippen LogP contribution in [0.25, 0.3) is 11.1 Å². The molecule has 7 heteroatoms. The van der Waals surface area contributed by atoms with E-state index in [4.69, 9.17) is 30.1 Å². The van der Waals surface area contributed by atoms with Crippen molar-refractivity contribution >= 4 is 12.5 Å². The third-order valence-electron chi connectivity index (χ3n) is 7.12. The molecular weight excluding hydrogens is 394 g/mol. The molecule has 2 aromatic rings. The third kappa shape index (κ3) is 3.57. The van der Waals surface area contributed by atoms with Gasteiger partial charge in [-0.15, -0.1) is 0 Å². The van der Waals surface area contributed by atoms with Crippen LogP contribution < -0.4 is 5.73 Å². The van der Waals surface area contributed by atoms with Gasteiger partial charge in [-0.25, -0.2) is 4.99 Å². The molecule has 1 aromatic carbocycles. The molecule has 0 bridgehead atoms. The molecule has 164 valence electrons. The molecule has 31 heavy (non-hydrogen) atoms. The highest BCUT2D eigenvalue weighted by Gasteiger charge is 2.61. The van der Waals surface area contributed by atoms with Gasteiger partial charge in [0, 0.05) is 30.5 Å². The van der Waals surface area contributed by atoms with Crippen molar-refractivity contribution in [2.24, 2.45) is 16.1 Å². The lowest BCUT2D eigenvalue weighted by Gasteiger charge is -2.45. The quantitative estimate of drug-likeness (QED) is 0.717. The van der Waals surface area contributed by atoms with Crippen molar-refractivity contribution in [1.82, 2.24) is 4.98 Å². The average molecular weight is 424 g/mol. The summed E-state index contributed by atoms with van der Waals surface area (Å²) in [6.45, 7) is 2.36. The number of methoxy groups -OCH3 is 1. The number of aromatic nitrogens is 1. The van der Waals surface area contributed by atoms with Crippen molar-refractivity contribution in [3.8, 4) is 11.1 Å². The Kier molecular flexibility index (Phi) is 5.71. The number of hydrogen-bond acceptors (Lipinski definition) is 6. The second-order valence-corrected chi connectivity index (χ2v) is 8.72. The van der Waals surface area contributed by atoms with Crippen molar-refractivity contribution in [3.63, 3.8) is 0 Å². The van der Waals surface area contributed by atoms with Crippen LogP contribution in [0.1, 0.15) is 42.4 Å². The second kappa shape index (κ2) is 8.30. The number of benzene rings is 1. The minimum atomic E-state index is -0.377. The molecule has 2 spiro atoms. The van der Waals surface area contributed by atoms with Gasteiger partial charge < -0.3 is 20.3 Å². The summed E-state index contributed by atoms with van der Waals surface area (Å²) in [6.07, 6.45) is 9.50. The van der Waals surface area contributed by atoms with Gasteiger partial charge in [-0.05, 0) is 73.4 Å². The van der Waals surface area contributed by atoms with Crippen LogP contribution in [0.5, 0.6) is 0 Å². The molecule has 2 aliphatic carbocycles. The van der Waals surface area contributed by atoms with E-state index in [0.717, 1.165) is 43.2 Å². The van der Waals surface area contributed by atoms with Gasteiger partial charge in [0.25, 0.3) is 12.5 Å². The van der Waals surface area contributed by atoms with Gasteiger partial charge in [0.1, 0.15) is 12.1 Å². The average Bonchev–Trinajstić information content (AvgIpc) is 3.28. The summed E-state index contributed by atoms with van der Waals surface area (Å²) in [4.78, 5) is 17.7. The summed E-state index contributed by atoms with van der Waals surface area (Å²) in [5.41, 5.74) is 11.9. The van der Waals surface area contributed by atoms with E-state index in [1.807, 2.05) is 19.5 Å². The Morgan fingerprint density at radius 1 is 1.23 bits per heavy atom. The zero-order chi connectivity index (χ0) is 22.1. The molecular formula is C24H29N3O4. The molecule has 1 aliphatic heterocycles. The Labute approximate surface area is 182 Å². The highest BCUT2D eigenvalue weighted by molar-refractivity contribution is 5.76. The highest BCUT2D eigenvalue weighted by Crippen LogP contribution is 2.61. The van der Waals surface area contributed by atoms with Crippen LogP contribution in [0.3, 0.4) is 0 Å². The molecule has 1 saturated carbocycles. The number of carboxylic acid groups (broad SMARTS) is 1. The summed E-state index contributed by atoms with van der Waals surface area (Å²) >= 11 is 0. The summed E-state index contributed by atoms with van der Waals surface area (Å²) < 4.78 is 11.4. The summed E-state index contributed by atoms with van der Waals surface area (Å²) in [7, 11) is 1.82. The lowest BCUT2D eigenvalue weighted by molar-refractivity contribution is -0.122. The molecule has 1 atom stereocenters. The summed E-state index contributed by atoms with van der Waals surface area (Å²) in [5, 5.41) is 6.89. The van der Waals surface area contributed by atoms with Crippen LogP contribution in [0.4, 0.5) is 0 Å². The zero-order valence-corrected chi connectivity index (χ0v) is 18.0. The molecule has 0 radical (unpaired) electrons. The number of aryl methyl sites for hydroxylation is 1. The standard InChI is InChI=1S/C23H27N3O2.CH2O2/c1-15-9-18(13-25-12-15)16-3-4-17-11-22(7-5-19(27-2)6-8-22)23(20(17)10-16)14-28-21(24)26-23;2-1-3/h3-4,9-10,12-13,19H,5-8,11,14H2,1-2H3,(H2,24,26);1H,(H,2,3)/t19-,22-,23?;. The van der Waals surface area contributed by atoms with Crippen LogP contribution in [-0.4, -0.2) is 42.4 Å². The zero-order valence-electron chi connectivity index (χ0n) is 18.0. The molecule has 0 amide bonds. The maximum absolute atomic E-state index is 8.36. The van der Waals surface area contributed by atoms with Gasteiger partial charge in [0.15, 0.2) is 0 Å².